The van der Waals surface area contributed by atoms with E-state index in [1.165, 1.54) is 0 Å². The van der Waals surface area contributed by atoms with Crippen LogP contribution in [-0.4, -0.2) is 55.1 Å². The number of rotatable bonds is 4. The SMILES string of the molecule is OCC1COCCN1CCCC(F)(F)F. The molecule has 1 heterocycles. The van der Waals surface area contributed by atoms with E-state index in [9.17, 15) is 13.2 Å². The fraction of sp³-hybridized carbons (Fsp3) is 1.00. The minimum Gasteiger partial charge on any atom is -0.395 e. The van der Waals surface area contributed by atoms with Gasteiger partial charge in [0.15, 0.2) is 0 Å². The summed E-state index contributed by atoms with van der Waals surface area (Å²) in [6.07, 6.45) is -4.76. The number of ether oxygens (including phenoxy) is 1. The quantitative estimate of drug-likeness (QED) is 0.778. The van der Waals surface area contributed by atoms with Crippen LogP contribution in [0, 0.1) is 0 Å². The minimum atomic E-state index is -4.08. The molecule has 0 radical (unpaired) electrons. The highest BCUT2D eigenvalue weighted by Crippen LogP contribution is 2.21. The van der Waals surface area contributed by atoms with Crippen LogP contribution in [0.2, 0.25) is 0 Å². The number of aliphatic hydroxyl groups is 1. The van der Waals surface area contributed by atoms with Crippen molar-refractivity contribution in [1.82, 2.24) is 4.90 Å². The lowest BCUT2D eigenvalue weighted by molar-refractivity contribution is -0.137. The largest absolute Gasteiger partial charge is 0.395 e. The molecule has 0 amide bonds. The third-order valence-electron chi connectivity index (χ3n) is 2.47. The molecule has 1 aliphatic rings. The Kier molecular flexibility index (Phi) is 4.82. The molecule has 0 aliphatic carbocycles. The molecule has 3 nitrogen and oxygen atoms in total. The van der Waals surface area contributed by atoms with E-state index in [2.05, 4.69) is 0 Å². The Morgan fingerprint density at radius 1 is 1.40 bits per heavy atom. The van der Waals surface area contributed by atoms with Crippen molar-refractivity contribution >= 4 is 0 Å². The van der Waals surface area contributed by atoms with Crippen molar-refractivity contribution in [3.63, 3.8) is 0 Å². The number of nitrogens with zero attached hydrogens (tertiary/aromatic N) is 1. The number of alkyl halides is 3. The summed E-state index contributed by atoms with van der Waals surface area (Å²) in [6.45, 7) is 1.84. The summed E-state index contributed by atoms with van der Waals surface area (Å²) in [4.78, 5) is 1.86. The molecule has 1 rings (SSSR count). The summed E-state index contributed by atoms with van der Waals surface area (Å²) in [6, 6.07) is -0.146. The summed E-state index contributed by atoms with van der Waals surface area (Å²) in [5, 5.41) is 8.98. The lowest BCUT2D eigenvalue weighted by Crippen LogP contribution is -2.47. The fourth-order valence-electron chi connectivity index (χ4n) is 1.63. The summed E-state index contributed by atoms with van der Waals surface area (Å²) in [5.41, 5.74) is 0. The van der Waals surface area contributed by atoms with Gasteiger partial charge in [-0.25, -0.2) is 0 Å². The molecular formula is C9H16F3NO2. The number of hydrogen-bond acceptors (Lipinski definition) is 3. The van der Waals surface area contributed by atoms with Gasteiger partial charge >= 0.3 is 6.18 Å². The van der Waals surface area contributed by atoms with Gasteiger partial charge in [-0.15, -0.1) is 0 Å². The van der Waals surface area contributed by atoms with E-state index in [1.807, 2.05) is 4.90 Å². The first kappa shape index (κ1) is 12.7. The molecule has 6 heteroatoms. The van der Waals surface area contributed by atoms with Crippen molar-refractivity contribution < 1.29 is 23.0 Å². The number of morpholine rings is 1. The van der Waals surface area contributed by atoms with Crippen LogP contribution in [0.3, 0.4) is 0 Å². The molecule has 1 saturated heterocycles. The van der Waals surface area contributed by atoms with E-state index >= 15 is 0 Å². The maximum absolute atomic E-state index is 11.9. The van der Waals surface area contributed by atoms with Crippen molar-refractivity contribution in [2.24, 2.45) is 0 Å². The zero-order valence-electron chi connectivity index (χ0n) is 8.46. The van der Waals surface area contributed by atoms with Crippen molar-refractivity contribution in [2.45, 2.75) is 25.1 Å². The lowest BCUT2D eigenvalue weighted by Gasteiger charge is -2.34. The molecule has 1 atom stereocenters. The van der Waals surface area contributed by atoms with Gasteiger partial charge in [-0.2, -0.15) is 13.2 Å². The first-order chi connectivity index (χ1) is 7.03. The van der Waals surface area contributed by atoms with Crippen molar-refractivity contribution in [3.05, 3.63) is 0 Å². The van der Waals surface area contributed by atoms with E-state index in [1.54, 1.807) is 0 Å². The average molecular weight is 227 g/mol. The highest BCUT2D eigenvalue weighted by atomic mass is 19.4. The normalized spacial score (nSPS) is 24.4. The molecule has 0 saturated carbocycles. The van der Waals surface area contributed by atoms with Gasteiger partial charge in [-0.3, -0.25) is 4.90 Å². The van der Waals surface area contributed by atoms with Crippen LogP contribution in [-0.2, 0) is 4.74 Å². The molecule has 1 fully saturated rings. The highest BCUT2D eigenvalue weighted by Gasteiger charge is 2.28. The first-order valence-electron chi connectivity index (χ1n) is 5.02. The zero-order valence-corrected chi connectivity index (χ0v) is 8.46. The molecule has 90 valence electrons. The van der Waals surface area contributed by atoms with Gasteiger partial charge in [-0.05, 0) is 13.0 Å². The molecule has 0 aromatic carbocycles. The Hall–Kier alpha value is -0.330. The van der Waals surface area contributed by atoms with E-state index in [0.717, 1.165) is 0 Å². The average Bonchev–Trinajstić information content (AvgIpc) is 2.16. The minimum absolute atomic E-state index is 0.0635. The Labute approximate surface area is 86.8 Å². The second kappa shape index (κ2) is 5.67. The third-order valence-corrected chi connectivity index (χ3v) is 2.47. The monoisotopic (exact) mass is 227 g/mol. The summed E-state index contributed by atoms with van der Waals surface area (Å²) in [7, 11) is 0. The van der Waals surface area contributed by atoms with Crippen LogP contribution in [0.1, 0.15) is 12.8 Å². The molecule has 0 spiro atoms. The van der Waals surface area contributed by atoms with Crippen molar-refractivity contribution in [3.8, 4) is 0 Å². The van der Waals surface area contributed by atoms with E-state index < -0.39 is 12.6 Å². The van der Waals surface area contributed by atoms with Crippen LogP contribution in [0.25, 0.3) is 0 Å². The molecule has 1 N–H and O–H groups in total. The Morgan fingerprint density at radius 3 is 2.73 bits per heavy atom. The maximum Gasteiger partial charge on any atom is 0.389 e. The standard InChI is InChI=1S/C9H16F3NO2/c10-9(11,12)2-1-3-13-4-5-15-7-8(13)6-14/h8,14H,1-7H2. The number of halogens is 3. The first-order valence-corrected chi connectivity index (χ1v) is 5.02. The predicted molar refractivity (Wildman–Crippen MR) is 48.6 cm³/mol. The van der Waals surface area contributed by atoms with Crippen LogP contribution in [0.5, 0.6) is 0 Å². The van der Waals surface area contributed by atoms with Gasteiger partial charge in [-0.1, -0.05) is 0 Å². The Bertz CT molecular complexity index is 187. The van der Waals surface area contributed by atoms with Gasteiger partial charge in [0.1, 0.15) is 0 Å². The molecule has 1 aliphatic heterocycles. The Morgan fingerprint density at radius 2 is 2.13 bits per heavy atom. The number of aliphatic hydroxyl groups excluding tert-OH is 1. The summed E-state index contributed by atoms with van der Waals surface area (Å²) >= 11 is 0. The van der Waals surface area contributed by atoms with Crippen molar-refractivity contribution in [1.29, 1.82) is 0 Å². The lowest BCUT2D eigenvalue weighted by atomic mass is 10.2. The third kappa shape index (κ3) is 4.81. The van der Waals surface area contributed by atoms with Crippen LogP contribution in [0.4, 0.5) is 13.2 Å². The van der Waals surface area contributed by atoms with Crippen molar-refractivity contribution in [2.75, 3.05) is 32.9 Å². The van der Waals surface area contributed by atoms with Gasteiger partial charge in [0.25, 0.3) is 0 Å². The van der Waals surface area contributed by atoms with E-state index in [4.69, 9.17) is 9.84 Å². The highest BCUT2D eigenvalue weighted by molar-refractivity contribution is 4.74. The van der Waals surface area contributed by atoms with Gasteiger partial charge in [0.2, 0.25) is 0 Å². The van der Waals surface area contributed by atoms with Crippen LogP contribution >= 0.6 is 0 Å². The predicted octanol–water partition coefficient (Wildman–Crippen LogP) is 1.02. The Balaban J connectivity index is 2.23. The van der Waals surface area contributed by atoms with Gasteiger partial charge < -0.3 is 9.84 Å². The second-order valence-electron chi connectivity index (χ2n) is 3.67. The number of hydrogen-bond donors (Lipinski definition) is 1. The van der Waals surface area contributed by atoms with Gasteiger partial charge in [0, 0.05) is 13.0 Å². The second-order valence-corrected chi connectivity index (χ2v) is 3.67. The maximum atomic E-state index is 11.9. The summed E-state index contributed by atoms with van der Waals surface area (Å²) < 4.78 is 40.8. The molecular weight excluding hydrogens is 211 g/mol. The van der Waals surface area contributed by atoms with Crippen LogP contribution < -0.4 is 0 Å². The topological polar surface area (TPSA) is 32.7 Å². The fourth-order valence-corrected chi connectivity index (χ4v) is 1.63. The molecule has 1 unspecified atom stereocenters. The smallest absolute Gasteiger partial charge is 0.389 e. The zero-order chi connectivity index (χ0) is 11.3. The van der Waals surface area contributed by atoms with Gasteiger partial charge in [0.05, 0.1) is 25.9 Å². The molecule has 15 heavy (non-hydrogen) atoms. The molecule has 0 aromatic heterocycles. The molecule has 0 bridgehead atoms. The van der Waals surface area contributed by atoms with E-state index in [0.29, 0.717) is 26.3 Å². The van der Waals surface area contributed by atoms with E-state index in [-0.39, 0.29) is 19.1 Å². The molecule has 0 aromatic rings. The van der Waals surface area contributed by atoms with Crippen LogP contribution in [0.15, 0.2) is 0 Å². The summed E-state index contributed by atoms with van der Waals surface area (Å²) in [5.74, 6) is 0.